The molecule has 0 radical (unpaired) electrons. The van der Waals surface area contributed by atoms with Crippen molar-refractivity contribution in [1.82, 2.24) is 5.32 Å². The fourth-order valence-corrected chi connectivity index (χ4v) is 1.76. The Hall–Kier alpha value is -2.08. The van der Waals surface area contributed by atoms with Gasteiger partial charge in [0, 0.05) is 19.2 Å². The molecule has 1 aromatic rings. The molecule has 116 valence electrons. The average molecular weight is 295 g/mol. The molecule has 0 aliphatic rings. The number of hydrogen-bond acceptors (Lipinski definition) is 4. The Labute approximate surface area is 124 Å². The summed E-state index contributed by atoms with van der Waals surface area (Å²) in [5, 5.41) is 11.3. The predicted molar refractivity (Wildman–Crippen MR) is 77.5 cm³/mol. The van der Waals surface area contributed by atoms with Crippen LogP contribution < -0.4 is 10.1 Å². The molecule has 1 unspecified atom stereocenters. The Morgan fingerprint density at radius 2 is 2.05 bits per heavy atom. The number of methoxy groups -OCH3 is 1. The highest BCUT2D eigenvalue weighted by molar-refractivity contribution is 5.94. The first-order chi connectivity index (χ1) is 9.93. The van der Waals surface area contributed by atoms with Crippen molar-refractivity contribution in [3.8, 4) is 5.75 Å². The molecule has 0 saturated heterocycles. The molecule has 6 heteroatoms. The Kier molecular flexibility index (Phi) is 6.68. The van der Waals surface area contributed by atoms with Crippen molar-refractivity contribution >= 4 is 11.9 Å². The molecule has 0 fully saturated rings. The molecule has 0 aromatic heterocycles. The predicted octanol–water partition coefficient (Wildman–Crippen LogP) is 1.55. The third kappa shape index (κ3) is 5.83. The van der Waals surface area contributed by atoms with Crippen LogP contribution in [0.1, 0.15) is 24.2 Å². The molecule has 2 N–H and O–H groups in total. The molecule has 0 aliphatic heterocycles. The van der Waals surface area contributed by atoms with Crippen molar-refractivity contribution < 1.29 is 24.2 Å². The Bertz CT molecular complexity index is 487. The number of hydrogen-bond donors (Lipinski definition) is 2. The van der Waals surface area contributed by atoms with Crippen molar-refractivity contribution in [3.63, 3.8) is 0 Å². The molecular weight excluding hydrogens is 274 g/mol. The number of carboxylic acids is 1. The third-order valence-corrected chi connectivity index (χ3v) is 2.97. The Morgan fingerprint density at radius 3 is 2.62 bits per heavy atom. The minimum Gasteiger partial charge on any atom is -0.482 e. The van der Waals surface area contributed by atoms with Crippen LogP contribution in [-0.2, 0) is 9.53 Å². The van der Waals surface area contributed by atoms with Crippen molar-refractivity contribution in [2.75, 3.05) is 20.3 Å². The lowest BCUT2D eigenvalue weighted by Gasteiger charge is -2.19. The summed E-state index contributed by atoms with van der Waals surface area (Å²) in [6.07, 6.45) is -0.0552. The second-order valence-corrected chi connectivity index (χ2v) is 4.94. The van der Waals surface area contributed by atoms with Gasteiger partial charge in [-0.15, -0.1) is 0 Å². The van der Waals surface area contributed by atoms with Crippen LogP contribution in [0.4, 0.5) is 0 Å². The van der Waals surface area contributed by atoms with Crippen molar-refractivity contribution in [2.45, 2.75) is 20.0 Å². The van der Waals surface area contributed by atoms with E-state index in [1.165, 1.54) is 6.07 Å². The summed E-state index contributed by atoms with van der Waals surface area (Å²) in [5.41, 5.74) is 0.413. The average Bonchev–Trinajstić information content (AvgIpc) is 2.45. The summed E-state index contributed by atoms with van der Waals surface area (Å²) >= 11 is 0. The molecule has 1 atom stereocenters. The molecule has 0 heterocycles. The largest absolute Gasteiger partial charge is 0.482 e. The van der Waals surface area contributed by atoms with Gasteiger partial charge in [0.2, 0.25) is 0 Å². The molecule has 6 nitrogen and oxygen atoms in total. The van der Waals surface area contributed by atoms with E-state index < -0.39 is 12.6 Å². The fraction of sp³-hybridized carbons (Fsp3) is 0.467. The highest BCUT2D eigenvalue weighted by Gasteiger charge is 2.14. The summed E-state index contributed by atoms with van der Waals surface area (Å²) in [6, 6.07) is 6.39. The van der Waals surface area contributed by atoms with Gasteiger partial charge in [-0.1, -0.05) is 19.9 Å². The molecule has 21 heavy (non-hydrogen) atoms. The second kappa shape index (κ2) is 8.26. The molecular formula is C15H21NO5. The van der Waals surface area contributed by atoms with E-state index in [2.05, 4.69) is 5.32 Å². The summed E-state index contributed by atoms with van der Waals surface area (Å²) < 4.78 is 10.3. The minimum atomic E-state index is -1.07. The van der Waals surface area contributed by atoms with Crippen LogP contribution in [0.2, 0.25) is 0 Å². The number of carbonyl (C=O) groups is 2. The zero-order chi connectivity index (χ0) is 15.8. The summed E-state index contributed by atoms with van der Waals surface area (Å²) in [6.45, 7) is 4.00. The standard InChI is InChI=1S/C15H21NO5/c1-10(2)13(20-3)8-16-15(19)11-5-4-6-12(7-11)21-9-14(17)18/h4-7,10,13H,8-9H2,1-3H3,(H,16,19)(H,17,18). The van der Waals surface area contributed by atoms with Crippen LogP contribution in [0.25, 0.3) is 0 Å². The van der Waals surface area contributed by atoms with E-state index in [1.807, 2.05) is 13.8 Å². The maximum Gasteiger partial charge on any atom is 0.341 e. The van der Waals surface area contributed by atoms with Gasteiger partial charge in [0.05, 0.1) is 6.10 Å². The van der Waals surface area contributed by atoms with Crippen LogP contribution in [0, 0.1) is 5.92 Å². The van der Waals surface area contributed by atoms with E-state index in [0.29, 0.717) is 23.8 Å². The van der Waals surface area contributed by atoms with Crippen LogP contribution in [-0.4, -0.2) is 43.3 Å². The van der Waals surface area contributed by atoms with Gasteiger partial charge in [0.1, 0.15) is 5.75 Å². The quantitative estimate of drug-likeness (QED) is 0.760. The number of carboxylic acid groups (broad SMARTS) is 1. The summed E-state index contributed by atoms with van der Waals surface area (Å²) in [5.74, 6) is -0.680. The number of nitrogens with one attached hydrogen (secondary N) is 1. The lowest BCUT2D eigenvalue weighted by atomic mass is 10.1. The van der Waals surface area contributed by atoms with Crippen LogP contribution in [0.3, 0.4) is 0 Å². The van der Waals surface area contributed by atoms with Gasteiger partial charge in [-0.2, -0.15) is 0 Å². The van der Waals surface area contributed by atoms with Gasteiger partial charge in [-0.3, -0.25) is 4.79 Å². The molecule has 1 amide bonds. The van der Waals surface area contributed by atoms with E-state index in [-0.39, 0.29) is 12.0 Å². The molecule has 0 bridgehead atoms. The molecule has 0 aliphatic carbocycles. The Morgan fingerprint density at radius 1 is 1.33 bits per heavy atom. The van der Waals surface area contributed by atoms with Gasteiger partial charge in [-0.25, -0.2) is 4.79 Å². The fourth-order valence-electron chi connectivity index (χ4n) is 1.76. The highest BCUT2D eigenvalue weighted by atomic mass is 16.5. The first-order valence-electron chi connectivity index (χ1n) is 6.69. The van der Waals surface area contributed by atoms with Crippen LogP contribution >= 0.6 is 0 Å². The van der Waals surface area contributed by atoms with E-state index in [4.69, 9.17) is 14.6 Å². The van der Waals surface area contributed by atoms with Gasteiger partial charge in [0.15, 0.2) is 6.61 Å². The van der Waals surface area contributed by atoms with E-state index in [0.717, 1.165) is 0 Å². The first kappa shape index (κ1) is 17.0. The number of amides is 1. The van der Waals surface area contributed by atoms with E-state index in [1.54, 1.807) is 25.3 Å². The monoisotopic (exact) mass is 295 g/mol. The molecule has 1 aromatic carbocycles. The normalized spacial score (nSPS) is 12.0. The maximum atomic E-state index is 12.0. The van der Waals surface area contributed by atoms with Gasteiger partial charge >= 0.3 is 5.97 Å². The van der Waals surface area contributed by atoms with Crippen LogP contribution in [0.15, 0.2) is 24.3 Å². The lowest BCUT2D eigenvalue weighted by molar-refractivity contribution is -0.139. The number of aliphatic carboxylic acids is 1. The maximum absolute atomic E-state index is 12.0. The minimum absolute atomic E-state index is 0.0552. The summed E-state index contributed by atoms with van der Waals surface area (Å²) in [7, 11) is 1.61. The zero-order valence-electron chi connectivity index (χ0n) is 12.5. The van der Waals surface area contributed by atoms with Crippen molar-refractivity contribution in [1.29, 1.82) is 0 Å². The smallest absolute Gasteiger partial charge is 0.341 e. The lowest BCUT2D eigenvalue weighted by Crippen LogP contribution is -2.36. The van der Waals surface area contributed by atoms with Crippen molar-refractivity contribution in [3.05, 3.63) is 29.8 Å². The molecule has 0 saturated carbocycles. The molecule has 1 rings (SSSR count). The molecule has 0 spiro atoms. The van der Waals surface area contributed by atoms with Crippen LogP contribution in [0.5, 0.6) is 5.75 Å². The van der Waals surface area contributed by atoms with Crippen molar-refractivity contribution in [2.24, 2.45) is 5.92 Å². The van der Waals surface area contributed by atoms with E-state index >= 15 is 0 Å². The Balaban J connectivity index is 2.61. The SMILES string of the molecule is COC(CNC(=O)c1cccc(OCC(=O)O)c1)C(C)C. The van der Waals surface area contributed by atoms with Gasteiger partial charge in [0.25, 0.3) is 5.91 Å². The highest BCUT2D eigenvalue weighted by Crippen LogP contribution is 2.13. The topological polar surface area (TPSA) is 84.9 Å². The second-order valence-electron chi connectivity index (χ2n) is 4.94. The first-order valence-corrected chi connectivity index (χ1v) is 6.69. The number of carbonyl (C=O) groups excluding carboxylic acids is 1. The van der Waals surface area contributed by atoms with Gasteiger partial charge < -0.3 is 19.9 Å². The number of rotatable bonds is 8. The summed E-state index contributed by atoms with van der Waals surface area (Å²) in [4.78, 5) is 22.5. The third-order valence-electron chi connectivity index (χ3n) is 2.97. The van der Waals surface area contributed by atoms with Gasteiger partial charge in [-0.05, 0) is 24.1 Å². The zero-order valence-corrected chi connectivity index (χ0v) is 12.5. The number of benzene rings is 1. The number of ether oxygens (including phenoxy) is 2. The van der Waals surface area contributed by atoms with E-state index in [9.17, 15) is 9.59 Å².